The summed E-state index contributed by atoms with van der Waals surface area (Å²) in [7, 11) is 0. The first-order valence-corrected chi connectivity index (χ1v) is 8.20. The normalized spacial score (nSPS) is 10.3. The summed E-state index contributed by atoms with van der Waals surface area (Å²) in [6.45, 7) is 4.54. The molecule has 0 saturated heterocycles. The minimum Gasteiger partial charge on any atom is -0.324 e. The summed E-state index contributed by atoms with van der Waals surface area (Å²) in [5.41, 5.74) is 3.38. The van der Waals surface area contributed by atoms with Gasteiger partial charge in [0, 0.05) is 30.3 Å². The highest BCUT2D eigenvalue weighted by Gasteiger charge is 2.16. The molecule has 3 aromatic rings. The summed E-state index contributed by atoms with van der Waals surface area (Å²) in [6, 6.07) is 17.5. The molecule has 0 spiro atoms. The summed E-state index contributed by atoms with van der Waals surface area (Å²) in [4.78, 5) is 22.9. The predicted molar refractivity (Wildman–Crippen MR) is 100 cm³/mol. The standard InChI is InChI=1S/C20H20N4O/c1-3-24(18-10-5-4-6-11-18)19(25)16-13-21-20(22-14-16)23-17-9-7-8-15(2)12-17/h4-14H,3H2,1-2H3,(H,21,22,23). The van der Waals surface area contributed by atoms with Crippen LogP contribution in [0.5, 0.6) is 0 Å². The number of nitrogens with one attached hydrogen (secondary N) is 1. The van der Waals surface area contributed by atoms with Crippen LogP contribution in [0.4, 0.5) is 17.3 Å². The number of anilines is 3. The number of aryl methyl sites for hydroxylation is 1. The summed E-state index contributed by atoms with van der Waals surface area (Å²) in [6.07, 6.45) is 3.11. The topological polar surface area (TPSA) is 58.1 Å². The van der Waals surface area contributed by atoms with Gasteiger partial charge in [-0.05, 0) is 43.7 Å². The van der Waals surface area contributed by atoms with Gasteiger partial charge in [0.15, 0.2) is 0 Å². The van der Waals surface area contributed by atoms with Crippen LogP contribution in [0.1, 0.15) is 22.8 Å². The van der Waals surface area contributed by atoms with Gasteiger partial charge >= 0.3 is 0 Å². The fourth-order valence-electron chi connectivity index (χ4n) is 2.56. The first-order chi connectivity index (χ1) is 12.2. The molecule has 1 amide bonds. The van der Waals surface area contributed by atoms with Gasteiger partial charge in [0.2, 0.25) is 5.95 Å². The van der Waals surface area contributed by atoms with Gasteiger partial charge in [0.25, 0.3) is 5.91 Å². The first-order valence-electron chi connectivity index (χ1n) is 8.20. The number of hydrogen-bond donors (Lipinski definition) is 1. The number of nitrogens with zero attached hydrogens (tertiary/aromatic N) is 3. The van der Waals surface area contributed by atoms with Crippen LogP contribution in [0.25, 0.3) is 0 Å². The molecule has 0 aliphatic heterocycles. The van der Waals surface area contributed by atoms with E-state index in [0.717, 1.165) is 16.9 Å². The van der Waals surface area contributed by atoms with Gasteiger partial charge in [-0.25, -0.2) is 9.97 Å². The third-order valence-corrected chi connectivity index (χ3v) is 3.80. The van der Waals surface area contributed by atoms with Crippen molar-refractivity contribution in [3.63, 3.8) is 0 Å². The van der Waals surface area contributed by atoms with Crippen molar-refractivity contribution >= 4 is 23.2 Å². The highest BCUT2D eigenvalue weighted by atomic mass is 16.2. The molecule has 3 rings (SSSR count). The molecule has 5 nitrogen and oxygen atoms in total. The monoisotopic (exact) mass is 332 g/mol. The second-order valence-electron chi connectivity index (χ2n) is 5.67. The van der Waals surface area contributed by atoms with Crippen molar-refractivity contribution in [3.8, 4) is 0 Å². The number of benzene rings is 2. The number of para-hydroxylation sites is 1. The zero-order chi connectivity index (χ0) is 17.6. The minimum absolute atomic E-state index is 0.115. The van der Waals surface area contributed by atoms with Crippen molar-refractivity contribution in [1.82, 2.24) is 9.97 Å². The molecule has 0 bridgehead atoms. The summed E-state index contributed by atoms with van der Waals surface area (Å²) >= 11 is 0. The number of carbonyl (C=O) groups excluding carboxylic acids is 1. The average molecular weight is 332 g/mol. The van der Waals surface area contributed by atoms with Crippen LogP contribution >= 0.6 is 0 Å². The van der Waals surface area contributed by atoms with Crippen molar-refractivity contribution in [2.45, 2.75) is 13.8 Å². The van der Waals surface area contributed by atoms with Gasteiger partial charge < -0.3 is 10.2 Å². The molecule has 126 valence electrons. The number of amides is 1. The molecule has 25 heavy (non-hydrogen) atoms. The highest BCUT2D eigenvalue weighted by molar-refractivity contribution is 6.05. The number of carbonyl (C=O) groups is 1. The Hall–Kier alpha value is -3.21. The molecule has 0 saturated carbocycles. The van der Waals surface area contributed by atoms with Gasteiger partial charge in [-0.2, -0.15) is 0 Å². The Labute approximate surface area is 147 Å². The fraction of sp³-hybridized carbons (Fsp3) is 0.150. The molecule has 0 atom stereocenters. The van der Waals surface area contributed by atoms with Crippen molar-refractivity contribution in [3.05, 3.63) is 78.1 Å². The number of rotatable bonds is 5. The first kappa shape index (κ1) is 16.6. The van der Waals surface area contributed by atoms with Gasteiger partial charge in [0.05, 0.1) is 5.56 Å². The molecular weight excluding hydrogens is 312 g/mol. The Bertz CT molecular complexity index is 847. The van der Waals surface area contributed by atoms with Crippen LogP contribution in [-0.2, 0) is 0 Å². The third-order valence-electron chi connectivity index (χ3n) is 3.80. The SMILES string of the molecule is CCN(C(=O)c1cnc(Nc2cccc(C)c2)nc1)c1ccccc1. The van der Waals surface area contributed by atoms with Gasteiger partial charge in [-0.3, -0.25) is 4.79 Å². The summed E-state index contributed by atoms with van der Waals surface area (Å²) < 4.78 is 0. The molecule has 0 fully saturated rings. The largest absolute Gasteiger partial charge is 0.324 e. The van der Waals surface area contributed by atoms with Crippen LogP contribution < -0.4 is 10.2 Å². The van der Waals surface area contributed by atoms with E-state index < -0.39 is 0 Å². The van der Waals surface area contributed by atoms with Gasteiger partial charge in [0.1, 0.15) is 0 Å². The third kappa shape index (κ3) is 4.01. The van der Waals surface area contributed by atoms with E-state index in [2.05, 4.69) is 15.3 Å². The molecule has 0 aliphatic carbocycles. The van der Waals surface area contributed by atoms with E-state index in [1.54, 1.807) is 17.3 Å². The predicted octanol–water partition coefficient (Wildman–Crippen LogP) is 4.20. The zero-order valence-electron chi connectivity index (χ0n) is 14.3. The van der Waals surface area contributed by atoms with Crippen LogP contribution in [0.15, 0.2) is 67.0 Å². The van der Waals surface area contributed by atoms with Crippen LogP contribution in [0.3, 0.4) is 0 Å². The maximum atomic E-state index is 12.7. The highest BCUT2D eigenvalue weighted by Crippen LogP contribution is 2.17. The second kappa shape index (κ2) is 7.57. The van der Waals surface area contributed by atoms with E-state index in [0.29, 0.717) is 18.1 Å². The second-order valence-corrected chi connectivity index (χ2v) is 5.67. The quantitative estimate of drug-likeness (QED) is 0.761. The van der Waals surface area contributed by atoms with Crippen LogP contribution in [0.2, 0.25) is 0 Å². The van der Waals surface area contributed by atoms with E-state index in [-0.39, 0.29) is 5.91 Å². The maximum absolute atomic E-state index is 12.7. The Morgan fingerprint density at radius 1 is 1.04 bits per heavy atom. The van der Waals surface area contributed by atoms with E-state index in [1.165, 1.54) is 0 Å². The molecule has 1 heterocycles. The van der Waals surface area contributed by atoms with E-state index in [1.807, 2.05) is 68.4 Å². The van der Waals surface area contributed by atoms with Crippen molar-refractivity contribution in [1.29, 1.82) is 0 Å². The fourth-order valence-corrected chi connectivity index (χ4v) is 2.56. The molecule has 0 aliphatic rings. The molecule has 1 aromatic heterocycles. The van der Waals surface area contributed by atoms with Gasteiger partial charge in [-0.1, -0.05) is 30.3 Å². The summed E-state index contributed by atoms with van der Waals surface area (Å²) in [5.74, 6) is 0.348. The number of aromatic nitrogens is 2. The smallest absolute Gasteiger partial charge is 0.261 e. The van der Waals surface area contributed by atoms with E-state index in [9.17, 15) is 4.79 Å². The molecule has 5 heteroatoms. The van der Waals surface area contributed by atoms with Crippen molar-refractivity contribution in [2.75, 3.05) is 16.8 Å². The average Bonchev–Trinajstić information content (AvgIpc) is 2.64. The van der Waals surface area contributed by atoms with Crippen LogP contribution in [-0.4, -0.2) is 22.4 Å². The van der Waals surface area contributed by atoms with E-state index >= 15 is 0 Å². The Morgan fingerprint density at radius 2 is 1.76 bits per heavy atom. The van der Waals surface area contributed by atoms with Crippen LogP contribution in [0, 0.1) is 6.92 Å². The zero-order valence-corrected chi connectivity index (χ0v) is 14.3. The maximum Gasteiger partial charge on any atom is 0.261 e. The molecule has 0 radical (unpaired) electrons. The van der Waals surface area contributed by atoms with E-state index in [4.69, 9.17) is 0 Å². The Morgan fingerprint density at radius 3 is 2.40 bits per heavy atom. The lowest BCUT2D eigenvalue weighted by molar-refractivity contribution is 0.0987. The minimum atomic E-state index is -0.115. The lowest BCUT2D eigenvalue weighted by atomic mass is 10.2. The molecular formula is C20H20N4O. The molecule has 1 N–H and O–H groups in total. The van der Waals surface area contributed by atoms with Gasteiger partial charge in [-0.15, -0.1) is 0 Å². The Balaban J connectivity index is 1.76. The molecule has 0 unspecified atom stereocenters. The lowest BCUT2D eigenvalue weighted by Gasteiger charge is -2.20. The Kier molecular flexibility index (Phi) is 5.04. The summed E-state index contributed by atoms with van der Waals surface area (Å²) in [5, 5.41) is 3.14. The molecule has 2 aromatic carbocycles. The van der Waals surface area contributed by atoms with Crippen molar-refractivity contribution in [2.24, 2.45) is 0 Å². The lowest BCUT2D eigenvalue weighted by Crippen LogP contribution is -2.30. The van der Waals surface area contributed by atoms with Crippen molar-refractivity contribution < 1.29 is 4.79 Å². The number of hydrogen-bond acceptors (Lipinski definition) is 4.